The Balaban J connectivity index is 2.06. The van der Waals surface area contributed by atoms with Gasteiger partial charge in [-0.05, 0) is 19.3 Å². The second kappa shape index (κ2) is 4.46. The highest BCUT2D eigenvalue weighted by Gasteiger charge is 2.23. The first kappa shape index (κ1) is 9.52. The van der Waals surface area contributed by atoms with Gasteiger partial charge in [0.15, 0.2) is 0 Å². The fourth-order valence-electron chi connectivity index (χ4n) is 2.06. The first-order valence-electron chi connectivity index (χ1n) is 5.17. The molecule has 78 valence electrons. The number of ether oxygens (including phenoxy) is 1. The minimum absolute atomic E-state index is 0.486. The van der Waals surface area contributed by atoms with Gasteiger partial charge in [-0.15, -0.1) is 0 Å². The number of methoxy groups -OCH3 is 1. The van der Waals surface area contributed by atoms with E-state index in [0.717, 1.165) is 19.1 Å². The lowest BCUT2D eigenvalue weighted by Gasteiger charge is -2.35. The van der Waals surface area contributed by atoms with Crippen molar-refractivity contribution in [3.63, 3.8) is 0 Å². The van der Waals surface area contributed by atoms with Gasteiger partial charge >= 0.3 is 0 Å². The average Bonchev–Trinajstić information content (AvgIpc) is 2.72. The summed E-state index contributed by atoms with van der Waals surface area (Å²) in [5.41, 5.74) is 0. The van der Waals surface area contributed by atoms with Crippen molar-refractivity contribution in [3.8, 4) is 0 Å². The second-order valence-electron chi connectivity index (χ2n) is 3.71. The molecule has 0 aromatic carbocycles. The molecule has 4 nitrogen and oxygen atoms in total. The maximum Gasteiger partial charge on any atom is 0.203 e. The summed E-state index contributed by atoms with van der Waals surface area (Å²) < 4.78 is 5.23. The minimum Gasteiger partial charge on any atom is -0.383 e. The van der Waals surface area contributed by atoms with Gasteiger partial charge in [-0.25, -0.2) is 4.98 Å². The lowest BCUT2D eigenvalue weighted by Crippen LogP contribution is -2.42. The van der Waals surface area contributed by atoms with Gasteiger partial charge in [-0.1, -0.05) is 0 Å². The number of hydrogen-bond donors (Lipinski definition) is 1. The highest BCUT2D eigenvalue weighted by Crippen LogP contribution is 2.21. The van der Waals surface area contributed by atoms with Gasteiger partial charge in [0.05, 0.1) is 12.6 Å². The Labute approximate surface area is 84.3 Å². The van der Waals surface area contributed by atoms with Gasteiger partial charge in [0, 0.05) is 26.0 Å². The molecule has 0 bridgehead atoms. The Hall–Kier alpha value is -1.03. The van der Waals surface area contributed by atoms with E-state index in [2.05, 4.69) is 14.9 Å². The molecule has 1 N–H and O–H groups in total. The molecular weight excluding hydrogens is 178 g/mol. The van der Waals surface area contributed by atoms with Crippen LogP contribution in [0, 0.1) is 0 Å². The van der Waals surface area contributed by atoms with E-state index >= 15 is 0 Å². The van der Waals surface area contributed by atoms with Gasteiger partial charge in [-0.3, -0.25) is 0 Å². The van der Waals surface area contributed by atoms with E-state index in [1.54, 1.807) is 13.3 Å². The Morgan fingerprint density at radius 1 is 1.64 bits per heavy atom. The van der Waals surface area contributed by atoms with Crippen LogP contribution in [0.2, 0.25) is 0 Å². The molecule has 1 unspecified atom stereocenters. The van der Waals surface area contributed by atoms with Crippen LogP contribution in [-0.4, -0.2) is 36.3 Å². The normalized spacial score (nSPS) is 22.6. The lowest BCUT2D eigenvalue weighted by atomic mass is 10.0. The van der Waals surface area contributed by atoms with Crippen LogP contribution < -0.4 is 4.90 Å². The van der Waals surface area contributed by atoms with Crippen molar-refractivity contribution in [1.82, 2.24) is 9.97 Å². The molecular formula is C10H17N3O. The molecule has 1 aliphatic heterocycles. The van der Waals surface area contributed by atoms with E-state index in [-0.39, 0.29) is 0 Å². The fourth-order valence-corrected chi connectivity index (χ4v) is 2.06. The maximum absolute atomic E-state index is 5.23. The van der Waals surface area contributed by atoms with Crippen molar-refractivity contribution in [3.05, 3.63) is 12.4 Å². The quantitative estimate of drug-likeness (QED) is 0.793. The summed E-state index contributed by atoms with van der Waals surface area (Å²) in [7, 11) is 1.76. The number of aromatic amines is 1. The first-order chi connectivity index (χ1) is 6.92. The lowest BCUT2D eigenvalue weighted by molar-refractivity contribution is 0.166. The van der Waals surface area contributed by atoms with Crippen LogP contribution in [0.1, 0.15) is 19.3 Å². The first-order valence-corrected chi connectivity index (χ1v) is 5.17. The smallest absolute Gasteiger partial charge is 0.203 e. The molecule has 0 radical (unpaired) electrons. The van der Waals surface area contributed by atoms with Crippen LogP contribution in [0.3, 0.4) is 0 Å². The van der Waals surface area contributed by atoms with E-state index in [0.29, 0.717) is 6.04 Å². The predicted octanol–water partition coefficient (Wildman–Crippen LogP) is 1.42. The number of rotatable bonds is 3. The van der Waals surface area contributed by atoms with E-state index in [4.69, 9.17) is 4.74 Å². The third-order valence-electron chi connectivity index (χ3n) is 2.74. The Kier molecular flexibility index (Phi) is 3.03. The van der Waals surface area contributed by atoms with Crippen molar-refractivity contribution in [1.29, 1.82) is 0 Å². The Morgan fingerprint density at radius 3 is 3.29 bits per heavy atom. The summed E-state index contributed by atoms with van der Waals surface area (Å²) in [6.45, 7) is 1.88. The summed E-state index contributed by atoms with van der Waals surface area (Å²) in [5, 5.41) is 0. The van der Waals surface area contributed by atoms with Crippen LogP contribution in [0.5, 0.6) is 0 Å². The van der Waals surface area contributed by atoms with Gasteiger partial charge in [0.2, 0.25) is 5.95 Å². The SMILES string of the molecule is COCC1CCCCN1c1ncc[nH]1. The minimum atomic E-state index is 0.486. The molecule has 1 saturated heterocycles. The van der Waals surface area contributed by atoms with Crippen LogP contribution in [0.15, 0.2) is 12.4 Å². The van der Waals surface area contributed by atoms with Gasteiger partial charge in [-0.2, -0.15) is 0 Å². The number of piperidine rings is 1. The van der Waals surface area contributed by atoms with E-state index in [1.807, 2.05) is 6.20 Å². The third kappa shape index (κ3) is 1.90. The number of nitrogens with one attached hydrogen (secondary N) is 1. The maximum atomic E-state index is 5.23. The third-order valence-corrected chi connectivity index (χ3v) is 2.74. The second-order valence-corrected chi connectivity index (χ2v) is 3.71. The number of imidazole rings is 1. The van der Waals surface area contributed by atoms with Crippen LogP contribution in [-0.2, 0) is 4.74 Å². The van der Waals surface area contributed by atoms with Crippen molar-refractivity contribution >= 4 is 5.95 Å². The van der Waals surface area contributed by atoms with Gasteiger partial charge in [0.1, 0.15) is 0 Å². The molecule has 14 heavy (non-hydrogen) atoms. The summed E-state index contributed by atoms with van der Waals surface area (Å²) in [6.07, 6.45) is 7.42. The van der Waals surface area contributed by atoms with E-state index in [9.17, 15) is 0 Å². The molecule has 4 heteroatoms. The van der Waals surface area contributed by atoms with E-state index in [1.165, 1.54) is 19.3 Å². The van der Waals surface area contributed by atoms with Crippen LogP contribution in [0.4, 0.5) is 5.95 Å². The predicted molar refractivity (Wildman–Crippen MR) is 55.4 cm³/mol. The molecule has 0 aliphatic carbocycles. The Morgan fingerprint density at radius 2 is 2.57 bits per heavy atom. The van der Waals surface area contributed by atoms with Gasteiger partial charge in [0.25, 0.3) is 0 Å². The van der Waals surface area contributed by atoms with Gasteiger partial charge < -0.3 is 14.6 Å². The number of nitrogens with zero attached hydrogens (tertiary/aromatic N) is 2. The zero-order valence-electron chi connectivity index (χ0n) is 8.57. The highest BCUT2D eigenvalue weighted by atomic mass is 16.5. The average molecular weight is 195 g/mol. The molecule has 1 aromatic rings. The van der Waals surface area contributed by atoms with Crippen LogP contribution in [0.25, 0.3) is 0 Å². The monoisotopic (exact) mass is 195 g/mol. The largest absolute Gasteiger partial charge is 0.383 e. The number of H-pyrrole nitrogens is 1. The standard InChI is InChI=1S/C10H17N3O/c1-14-8-9-4-2-3-7-13(9)10-11-5-6-12-10/h5-6,9H,2-4,7-8H2,1H3,(H,11,12). The number of aromatic nitrogens is 2. The summed E-state index contributed by atoms with van der Waals surface area (Å²) >= 11 is 0. The fraction of sp³-hybridized carbons (Fsp3) is 0.700. The molecule has 2 heterocycles. The van der Waals surface area contributed by atoms with Crippen molar-refractivity contribution in [2.75, 3.05) is 25.2 Å². The molecule has 1 aromatic heterocycles. The molecule has 0 amide bonds. The van der Waals surface area contributed by atoms with Crippen molar-refractivity contribution in [2.24, 2.45) is 0 Å². The van der Waals surface area contributed by atoms with Crippen molar-refractivity contribution < 1.29 is 4.74 Å². The Bertz CT molecular complexity index is 258. The molecule has 1 atom stereocenters. The molecule has 2 rings (SSSR count). The molecule has 1 aliphatic rings. The van der Waals surface area contributed by atoms with Crippen molar-refractivity contribution in [2.45, 2.75) is 25.3 Å². The zero-order valence-corrected chi connectivity index (χ0v) is 8.57. The molecule has 0 saturated carbocycles. The summed E-state index contributed by atoms with van der Waals surface area (Å²) in [4.78, 5) is 9.75. The number of anilines is 1. The molecule has 0 spiro atoms. The molecule has 1 fully saturated rings. The summed E-state index contributed by atoms with van der Waals surface area (Å²) in [5.74, 6) is 0.978. The highest BCUT2D eigenvalue weighted by molar-refractivity contribution is 5.31. The zero-order chi connectivity index (χ0) is 9.80. The van der Waals surface area contributed by atoms with E-state index < -0.39 is 0 Å². The summed E-state index contributed by atoms with van der Waals surface area (Å²) in [6, 6.07) is 0.486. The number of hydrogen-bond acceptors (Lipinski definition) is 3. The van der Waals surface area contributed by atoms with Crippen LogP contribution >= 0.6 is 0 Å². The topological polar surface area (TPSA) is 41.1 Å².